The van der Waals surface area contributed by atoms with Crippen LogP contribution >= 0.6 is 0 Å². The second-order valence-electron chi connectivity index (χ2n) is 4.57. The lowest BCUT2D eigenvalue weighted by Gasteiger charge is -2.24. The zero-order valence-electron chi connectivity index (χ0n) is 12.5. The van der Waals surface area contributed by atoms with Gasteiger partial charge < -0.3 is 9.84 Å². The molecule has 130 valence electrons. The molecule has 0 aliphatic carbocycles. The van der Waals surface area contributed by atoms with Crippen molar-refractivity contribution < 1.29 is 31.8 Å². The predicted molar refractivity (Wildman–Crippen MR) is 76.7 cm³/mol. The van der Waals surface area contributed by atoms with Crippen LogP contribution in [0.1, 0.15) is 12.5 Å². The van der Waals surface area contributed by atoms with Crippen LogP contribution < -0.4 is 0 Å². The average Bonchev–Trinajstić information content (AvgIpc) is 2.52. The molecule has 0 aliphatic heterocycles. The third-order valence-corrected chi connectivity index (χ3v) is 2.86. The molecule has 0 fully saturated rings. The molecule has 0 heterocycles. The molecule has 0 aliphatic rings. The van der Waals surface area contributed by atoms with Gasteiger partial charge in [-0.1, -0.05) is 42.5 Å². The normalized spacial score (nSPS) is 14.9. The second kappa shape index (κ2) is 7.93. The fraction of sp³-hybridized carbons (Fsp3) is 0.312. The van der Waals surface area contributed by atoms with Crippen molar-refractivity contribution >= 4 is 6.08 Å². The largest absolute Gasteiger partial charge is 0.491 e. The Morgan fingerprint density at radius 3 is 2.29 bits per heavy atom. The fourth-order valence-electron chi connectivity index (χ4n) is 1.72. The van der Waals surface area contributed by atoms with E-state index in [-0.39, 0.29) is 0 Å². The van der Waals surface area contributed by atoms with E-state index in [4.69, 9.17) is 5.26 Å². The van der Waals surface area contributed by atoms with E-state index in [1.165, 1.54) is 19.1 Å². The van der Waals surface area contributed by atoms with E-state index in [9.17, 15) is 27.1 Å². The first-order valence-corrected chi connectivity index (χ1v) is 6.78. The summed E-state index contributed by atoms with van der Waals surface area (Å²) >= 11 is 0. The van der Waals surface area contributed by atoms with Gasteiger partial charge in [-0.2, -0.15) is 27.2 Å². The van der Waals surface area contributed by atoms with Crippen LogP contribution in [0.15, 0.2) is 47.7 Å². The summed E-state index contributed by atoms with van der Waals surface area (Å²) in [5.74, 6) is -7.29. The van der Waals surface area contributed by atoms with Crippen LogP contribution in [0.2, 0.25) is 0 Å². The lowest BCUT2D eigenvalue weighted by atomic mass is 10.0. The molecule has 0 spiro atoms. The van der Waals surface area contributed by atoms with E-state index in [1.807, 2.05) is 0 Å². The van der Waals surface area contributed by atoms with Crippen molar-refractivity contribution in [2.45, 2.75) is 25.1 Å². The zero-order valence-corrected chi connectivity index (χ0v) is 12.5. The second-order valence-corrected chi connectivity index (χ2v) is 4.57. The van der Waals surface area contributed by atoms with Crippen LogP contribution in [0.4, 0.5) is 22.0 Å². The van der Waals surface area contributed by atoms with Gasteiger partial charge >= 0.3 is 12.1 Å². The molecular formula is C16H14F5NO2. The third kappa shape index (κ3) is 4.55. The van der Waals surface area contributed by atoms with Gasteiger partial charge in [-0.15, -0.1) is 0 Å². The topological polar surface area (TPSA) is 53.2 Å². The van der Waals surface area contributed by atoms with E-state index in [0.717, 1.165) is 6.08 Å². The highest BCUT2D eigenvalue weighted by Gasteiger charge is 2.62. The quantitative estimate of drug-likeness (QED) is 0.479. The smallest absolute Gasteiger partial charge is 0.461 e. The van der Waals surface area contributed by atoms with Gasteiger partial charge in [-0.05, 0) is 12.5 Å². The number of rotatable bonds is 6. The Morgan fingerprint density at radius 1 is 1.25 bits per heavy atom. The van der Waals surface area contributed by atoms with Crippen molar-refractivity contribution in [2.75, 3.05) is 6.61 Å². The molecule has 0 bridgehead atoms. The monoisotopic (exact) mass is 347 g/mol. The first kappa shape index (κ1) is 19.6. The molecule has 3 nitrogen and oxygen atoms in total. The van der Waals surface area contributed by atoms with Crippen molar-refractivity contribution in [3.05, 3.63) is 53.3 Å². The van der Waals surface area contributed by atoms with Crippen LogP contribution in [0.5, 0.6) is 0 Å². The Kier molecular flexibility index (Phi) is 6.49. The van der Waals surface area contributed by atoms with E-state index in [2.05, 4.69) is 4.74 Å². The molecule has 1 N–H and O–H groups in total. The summed E-state index contributed by atoms with van der Waals surface area (Å²) in [6, 6.07) is 9.45. The standard InChI is InChI=1S/C16H14F5NO2/c1-2-24-14(15(17,18)16(19,20)21)12(10-22)13(23)9-8-11-6-4-3-5-7-11/h3-9,13,23H,2H2,1H3/b9-8+,14-12-. The lowest BCUT2D eigenvalue weighted by Crippen LogP contribution is -2.40. The van der Waals surface area contributed by atoms with Gasteiger partial charge in [0.25, 0.3) is 0 Å². The van der Waals surface area contributed by atoms with E-state index in [1.54, 1.807) is 30.3 Å². The number of nitriles is 1. The first-order chi connectivity index (χ1) is 11.1. The maximum absolute atomic E-state index is 13.5. The number of hydrogen-bond donors (Lipinski definition) is 1. The number of nitrogens with zero attached hydrogens (tertiary/aromatic N) is 1. The van der Waals surface area contributed by atoms with Crippen LogP contribution in [-0.2, 0) is 4.74 Å². The summed E-state index contributed by atoms with van der Waals surface area (Å²) in [6.45, 7) is 0.662. The minimum Gasteiger partial charge on any atom is -0.491 e. The van der Waals surface area contributed by atoms with Crippen molar-refractivity contribution in [3.63, 3.8) is 0 Å². The summed E-state index contributed by atoms with van der Waals surface area (Å²) in [7, 11) is 0. The van der Waals surface area contributed by atoms with Crippen LogP contribution in [0.3, 0.4) is 0 Å². The van der Waals surface area contributed by atoms with Crippen LogP contribution in [0, 0.1) is 11.3 Å². The van der Waals surface area contributed by atoms with E-state index >= 15 is 0 Å². The van der Waals surface area contributed by atoms with Gasteiger partial charge in [0.1, 0.15) is 17.7 Å². The SMILES string of the molecule is CCO/C(=C(/C#N)C(O)/C=C/c1ccccc1)C(F)(F)C(F)(F)F. The molecule has 1 rings (SSSR count). The van der Waals surface area contributed by atoms with Crippen molar-refractivity contribution in [2.24, 2.45) is 0 Å². The fourth-order valence-corrected chi connectivity index (χ4v) is 1.72. The van der Waals surface area contributed by atoms with Gasteiger partial charge in [0, 0.05) is 0 Å². The number of hydrogen-bond acceptors (Lipinski definition) is 3. The number of halogens is 5. The Morgan fingerprint density at radius 2 is 1.83 bits per heavy atom. The average molecular weight is 347 g/mol. The summed E-state index contributed by atoms with van der Waals surface area (Å²) in [5, 5.41) is 18.8. The highest BCUT2D eigenvalue weighted by Crippen LogP contribution is 2.43. The maximum Gasteiger partial charge on any atom is 0.461 e. The molecule has 0 radical (unpaired) electrons. The van der Waals surface area contributed by atoms with Crippen LogP contribution in [-0.4, -0.2) is 29.9 Å². The van der Waals surface area contributed by atoms with Crippen LogP contribution in [0.25, 0.3) is 6.08 Å². The molecular weight excluding hydrogens is 333 g/mol. The Hall–Kier alpha value is -2.40. The highest BCUT2D eigenvalue weighted by molar-refractivity contribution is 5.51. The zero-order chi connectivity index (χ0) is 18.4. The molecule has 0 saturated carbocycles. The molecule has 1 aromatic carbocycles. The number of alkyl halides is 5. The van der Waals surface area contributed by atoms with E-state index in [0.29, 0.717) is 5.56 Å². The Bertz CT molecular complexity index is 645. The van der Waals surface area contributed by atoms with Gasteiger partial charge in [0.05, 0.1) is 6.61 Å². The minimum atomic E-state index is -5.96. The summed E-state index contributed by atoms with van der Waals surface area (Å²) in [4.78, 5) is 0. The predicted octanol–water partition coefficient (Wildman–Crippen LogP) is 4.07. The number of allylic oxidation sites excluding steroid dienone is 1. The van der Waals surface area contributed by atoms with Crippen molar-refractivity contribution in [3.8, 4) is 6.07 Å². The van der Waals surface area contributed by atoms with Gasteiger partial charge in [-0.25, -0.2) is 0 Å². The summed E-state index contributed by atoms with van der Waals surface area (Å²) in [6.07, 6.45) is -5.72. The van der Waals surface area contributed by atoms with Gasteiger partial charge in [-0.3, -0.25) is 0 Å². The Balaban J connectivity index is 3.27. The third-order valence-electron chi connectivity index (χ3n) is 2.86. The minimum absolute atomic E-state index is 0.526. The number of ether oxygens (including phenoxy) is 1. The molecule has 1 unspecified atom stereocenters. The van der Waals surface area contributed by atoms with Crippen molar-refractivity contribution in [1.82, 2.24) is 0 Å². The number of aliphatic hydroxyl groups is 1. The highest BCUT2D eigenvalue weighted by atomic mass is 19.4. The van der Waals surface area contributed by atoms with Crippen molar-refractivity contribution in [1.29, 1.82) is 5.26 Å². The number of aliphatic hydroxyl groups excluding tert-OH is 1. The first-order valence-electron chi connectivity index (χ1n) is 6.78. The lowest BCUT2D eigenvalue weighted by molar-refractivity contribution is -0.277. The Labute approximate surface area is 135 Å². The summed E-state index contributed by atoms with van der Waals surface area (Å²) in [5.41, 5.74) is -0.638. The molecule has 0 amide bonds. The molecule has 0 saturated heterocycles. The molecule has 0 aromatic heterocycles. The van der Waals surface area contributed by atoms with Gasteiger partial charge in [0.15, 0.2) is 5.76 Å². The van der Waals surface area contributed by atoms with Gasteiger partial charge in [0.2, 0.25) is 0 Å². The molecule has 1 atom stereocenters. The maximum atomic E-state index is 13.5. The number of benzene rings is 1. The molecule has 1 aromatic rings. The summed E-state index contributed by atoms with van der Waals surface area (Å²) < 4.78 is 69.1. The molecule has 24 heavy (non-hydrogen) atoms. The molecule has 8 heteroatoms. The van der Waals surface area contributed by atoms with E-state index < -0.39 is 36.1 Å².